The number of carbonyl (C=O) groups excluding carboxylic acids is 2. The molecule has 10 heteroatoms. The first-order valence-corrected chi connectivity index (χ1v) is 13.1. The van der Waals surface area contributed by atoms with Crippen LogP contribution < -0.4 is 15.6 Å². The molecule has 0 fully saturated rings. The van der Waals surface area contributed by atoms with Crippen molar-refractivity contribution in [3.63, 3.8) is 0 Å². The molecular weight excluding hydrogens is 661 g/mol. The van der Waals surface area contributed by atoms with Gasteiger partial charge in [0.1, 0.15) is 0 Å². The normalized spacial score (nSPS) is 10.6. The van der Waals surface area contributed by atoms with Crippen LogP contribution in [-0.2, 0) is 62.7 Å². The van der Waals surface area contributed by atoms with Crippen LogP contribution in [0.25, 0.3) is 0 Å². The number of H-pyrrole nitrogens is 1. The first-order chi connectivity index (χ1) is 15.4. The summed E-state index contributed by atoms with van der Waals surface area (Å²) in [6, 6.07) is 4.18. The van der Waals surface area contributed by atoms with Crippen LogP contribution in [0.1, 0.15) is 130 Å². The fraction of sp³-hybridized carbons (Fsp3) is 0.750. The van der Waals surface area contributed by atoms with E-state index in [1.807, 2.05) is 6.07 Å². The van der Waals surface area contributed by atoms with E-state index in [0.29, 0.717) is 18.8 Å². The van der Waals surface area contributed by atoms with Crippen LogP contribution in [0.5, 0.6) is 0 Å². The van der Waals surface area contributed by atoms with Gasteiger partial charge in [-0.1, -0.05) is 93.9 Å². The zero-order chi connectivity index (χ0) is 25.1. The van der Waals surface area contributed by atoms with Gasteiger partial charge in [-0.2, -0.15) is 0 Å². The van der Waals surface area contributed by atoms with Crippen molar-refractivity contribution in [2.24, 2.45) is 0 Å². The molecule has 1 heterocycles. The van der Waals surface area contributed by atoms with Crippen molar-refractivity contribution in [3.8, 4) is 0 Å². The summed E-state index contributed by atoms with van der Waals surface area (Å²) in [5, 5.41) is 6.06. The van der Waals surface area contributed by atoms with Crippen LogP contribution in [0.4, 0.5) is 0 Å². The van der Waals surface area contributed by atoms with Crippen molar-refractivity contribution in [1.29, 1.82) is 0 Å². The molecule has 0 aliphatic carbocycles. The first-order valence-electron chi connectivity index (χ1n) is 13.1. The standard InChI is InChI=1S/C28H49N3O2.4O.Re/c1-9-11-13-15-17-29-25(32)24(26(33)30-18-16-14-12-10-2)22-19-21(27(3,4)5)20-23(31-22)28(6,7)8;;;;;/h19-20,24H,9-18H2,1-8H3,(H,29,32)(H,30,33);;;;;/q;4*-2;/p+1. The molecule has 0 saturated carbocycles. The third-order valence-electron chi connectivity index (χ3n) is 6.06. The number of hydrogen-bond acceptors (Lipinski definition) is 2. The van der Waals surface area contributed by atoms with E-state index in [2.05, 4.69) is 77.1 Å². The van der Waals surface area contributed by atoms with Crippen LogP contribution in [0.15, 0.2) is 12.1 Å². The summed E-state index contributed by atoms with van der Waals surface area (Å²) in [5.41, 5.74) is 2.60. The largest absolute Gasteiger partial charge is 2.00 e. The summed E-state index contributed by atoms with van der Waals surface area (Å²) in [6.45, 7) is 18.5. The van der Waals surface area contributed by atoms with Crippen molar-refractivity contribution in [2.45, 2.75) is 124 Å². The Balaban J connectivity index is -0.000000726. The van der Waals surface area contributed by atoms with Gasteiger partial charge in [0.2, 0.25) is 23.4 Å². The molecule has 0 aromatic carbocycles. The Morgan fingerprint density at radius 3 is 1.47 bits per heavy atom. The first kappa shape index (κ1) is 46.4. The molecule has 3 N–H and O–H groups in total. The third-order valence-corrected chi connectivity index (χ3v) is 6.06. The van der Waals surface area contributed by atoms with Gasteiger partial charge in [0, 0.05) is 51.1 Å². The Hall–Kier alpha value is -1.41. The SMILES string of the molecule is CCCCCCNC(=O)C(C(=O)NCCCCCC)c1cc(C(C)(C)C)cc(C(C)(C)C)[nH+]1.[O-2].[O-2].[O-2].[O-2].[Re]. The van der Waals surface area contributed by atoms with Gasteiger partial charge in [0.15, 0.2) is 5.69 Å². The number of hydrogen-bond donors (Lipinski definition) is 2. The molecule has 0 bridgehead atoms. The molecule has 0 atom stereocenters. The minimum atomic E-state index is -0.884. The Labute approximate surface area is 244 Å². The van der Waals surface area contributed by atoms with Gasteiger partial charge >= 0.3 is 0 Å². The fourth-order valence-corrected chi connectivity index (χ4v) is 3.72. The van der Waals surface area contributed by atoms with E-state index in [4.69, 9.17) is 0 Å². The van der Waals surface area contributed by atoms with Gasteiger partial charge in [-0.25, -0.2) is 4.98 Å². The molecule has 0 spiro atoms. The molecule has 0 aliphatic rings. The maximum atomic E-state index is 13.3. The molecule has 38 heavy (non-hydrogen) atoms. The quantitative estimate of drug-likeness (QED) is 0.213. The molecule has 0 unspecified atom stereocenters. The molecule has 227 valence electrons. The number of nitrogens with one attached hydrogen (secondary N) is 3. The number of aromatic nitrogens is 1. The third kappa shape index (κ3) is 16.5. The monoisotopic (exact) mass is 711 g/mol. The van der Waals surface area contributed by atoms with E-state index in [1.54, 1.807) is 0 Å². The topological polar surface area (TPSA) is 186 Å². The van der Waals surface area contributed by atoms with Gasteiger partial charge in [-0.05, 0) is 23.8 Å². The summed E-state index contributed by atoms with van der Waals surface area (Å²) in [6.07, 6.45) is 8.67. The molecule has 9 nitrogen and oxygen atoms in total. The van der Waals surface area contributed by atoms with Crippen LogP contribution in [-0.4, -0.2) is 24.9 Å². The Morgan fingerprint density at radius 1 is 0.711 bits per heavy atom. The smallest absolute Gasteiger partial charge is 0.243 e. The molecule has 1 aromatic rings. The predicted molar refractivity (Wildman–Crippen MR) is 140 cm³/mol. The molecule has 1 aromatic heterocycles. The maximum Gasteiger partial charge on any atom is 0.243 e. The van der Waals surface area contributed by atoms with Crippen molar-refractivity contribution < 1.29 is 56.9 Å². The minimum absolute atomic E-state index is 0. The molecule has 1 radical (unpaired) electrons. The van der Waals surface area contributed by atoms with Gasteiger partial charge < -0.3 is 32.5 Å². The molecule has 2 amide bonds. The number of pyridine rings is 1. The average molecular weight is 711 g/mol. The second-order valence-electron chi connectivity index (χ2n) is 11.4. The van der Waals surface area contributed by atoms with E-state index in [0.717, 1.165) is 62.6 Å². The van der Waals surface area contributed by atoms with E-state index < -0.39 is 5.92 Å². The van der Waals surface area contributed by atoms with Crippen LogP contribution in [0.3, 0.4) is 0 Å². The van der Waals surface area contributed by atoms with Gasteiger partial charge in [-0.3, -0.25) is 9.59 Å². The summed E-state index contributed by atoms with van der Waals surface area (Å²) in [4.78, 5) is 30.0. The van der Waals surface area contributed by atoms with Gasteiger partial charge in [0.25, 0.3) is 0 Å². The van der Waals surface area contributed by atoms with Gasteiger partial charge in [-0.15, -0.1) is 0 Å². The zero-order valence-corrected chi connectivity index (χ0v) is 27.3. The Bertz CT molecular complexity index is 706. The van der Waals surface area contributed by atoms with Crippen molar-refractivity contribution in [3.05, 3.63) is 29.1 Å². The van der Waals surface area contributed by atoms with E-state index in [9.17, 15) is 9.59 Å². The summed E-state index contributed by atoms with van der Waals surface area (Å²) < 4.78 is 0. The molecular formula is C28H50N3O6Re-7. The molecule has 1 rings (SSSR count). The summed E-state index contributed by atoms with van der Waals surface area (Å²) in [5.74, 6) is -1.33. The Morgan fingerprint density at radius 2 is 1.13 bits per heavy atom. The van der Waals surface area contributed by atoms with Gasteiger partial charge in [0.05, 0.1) is 0 Å². The summed E-state index contributed by atoms with van der Waals surface area (Å²) >= 11 is 0. The van der Waals surface area contributed by atoms with E-state index in [1.165, 1.54) is 0 Å². The number of amides is 2. The Kier molecular flexibility index (Phi) is 27.4. The minimum Gasteiger partial charge on any atom is -2.00 e. The molecule has 0 aliphatic heterocycles. The van der Waals surface area contributed by atoms with E-state index in [-0.39, 0.29) is 65.0 Å². The average Bonchev–Trinajstić information content (AvgIpc) is 2.72. The number of carbonyl (C=O) groups is 2. The second-order valence-corrected chi connectivity index (χ2v) is 11.4. The molecule has 0 saturated heterocycles. The maximum absolute atomic E-state index is 13.3. The second kappa shape index (κ2) is 22.4. The number of unbranched alkanes of at least 4 members (excludes halogenated alkanes) is 6. The predicted octanol–water partition coefficient (Wildman–Crippen LogP) is 5.09. The van der Waals surface area contributed by atoms with Crippen molar-refractivity contribution in [1.82, 2.24) is 10.6 Å². The van der Waals surface area contributed by atoms with Crippen LogP contribution >= 0.6 is 0 Å². The van der Waals surface area contributed by atoms with Crippen LogP contribution in [0.2, 0.25) is 0 Å². The van der Waals surface area contributed by atoms with E-state index >= 15 is 0 Å². The zero-order valence-electron chi connectivity index (χ0n) is 24.6. The fourth-order valence-electron chi connectivity index (χ4n) is 3.72. The number of rotatable bonds is 13. The van der Waals surface area contributed by atoms with Crippen molar-refractivity contribution >= 4 is 11.8 Å². The van der Waals surface area contributed by atoms with Crippen molar-refractivity contribution in [2.75, 3.05) is 13.1 Å². The number of aromatic amines is 1. The van der Waals surface area contributed by atoms with Crippen LogP contribution in [0, 0.1) is 0 Å². The summed E-state index contributed by atoms with van der Waals surface area (Å²) in [7, 11) is 0.